The Balaban J connectivity index is 1.71. The van der Waals surface area contributed by atoms with E-state index in [0.29, 0.717) is 46.5 Å². The number of carbonyl (C=O) groups excluding carboxylic acids is 1. The van der Waals surface area contributed by atoms with E-state index in [1.165, 1.54) is 11.8 Å². The van der Waals surface area contributed by atoms with Crippen LogP contribution in [0, 0.1) is 0 Å². The fourth-order valence-corrected chi connectivity index (χ4v) is 3.95. The van der Waals surface area contributed by atoms with Crippen molar-refractivity contribution in [1.29, 1.82) is 0 Å². The van der Waals surface area contributed by atoms with Crippen molar-refractivity contribution in [3.05, 3.63) is 58.6 Å². The predicted molar refractivity (Wildman–Crippen MR) is 122 cm³/mol. The normalized spacial score (nSPS) is 10.9. The van der Waals surface area contributed by atoms with Gasteiger partial charge in [-0.05, 0) is 43.7 Å². The molecular formula is C21H22Cl2N4O2S. The highest BCUT2D eigenvalue weighted by atomic mass is 35.5. The van der Waals surface area contributed by atoms with Gasteiger partial charge in [0.15, 0.2) is 11.0 Å². The van der Waals surface area contributed by atoms with E-state index >= 15 is 0 Å². The summed E-state index contributed by atoms with van der Waals surface area (Å²) in [5, 5.41) is 13.4. The van der Waals surface area contributed by atoms with Gasteiger partial charge in [-0.2, -0.15) is 0 Å². The first kappa shape index (κ1) is 22.6. The molecule has 0 aliphatic heterocycles. The predicted octanol–water partition coefficient (Wildman–Crippen LogP) is 5.41. The second-order valence-corrected chi connectivity index (χ2v) is 8.18. The molecular weight excluding hydrogens is 443 g/mol. The lowest BCUT2D eigenvalue weighted by atomic mass is 10.2. The first-order valence-corrected chi connectivity index (χ1v) is 11.3. The SMILES string of the molecule is CCOCCCn1c(SCC(=O)Nc2cccc(Cl)c2)nnc1-c1cccc(Cl)c1. The fourth-order valence-electron chi connectivity index (χ4n) is 2.80. The first-order valence-electron chi connectivity index (χ1n) is 9.52. The van der Waals surface area contributed by atoms with Crippen molar-refractivity contribution in [3.63, 3.8) is 0 Å². The summed E-state index contributed by atoms with van der Waals surface area (Å²) in [5.74, 6) is 0.772. The van der Waals surface area contributed by atoms with Crippen molar-refractivity contribution in [2.24, 2.45) is 0 Å². The molecule has 30 heavy (non-hydrogen) atoms. The number of thioether (sulfide) groups is 1. The molecule has 1 heterocycles. The van der Waals surface area contributed by atoms with Crippen LogP contribution in [0.3, 0.4) is 0 Å². The van der Waals surface area contributed by atoms with Crippen molar-refractivity contribution in [1.82, 2.24) is 14.8 Å². The van der Waals surface area contributed by atoms with Crippen molar-refractivity contribution in [2.45, 2.75) is 25.0 Å². The Morgan fingerprint density at radius 1 is 1.13 bits per heavy atom. The number of ether oxygens (including phenoxy) is 1. The maximum Gasteiger partial charge on any atom is 0.234 e. The number of anilines is 1. The third kappa shape index (κ3) is 6.47. The average molecular weight is 465 g/mol. The molecule has 1 N–H and O–H groups in total. The Kier molecular flexibility index (Phi) is 8.57. The van der Waals surface area contributed by atoms with Gasteiger partial charge in [0.1, 0.15) is 0 Å². The summed E-state index contributed by atoms with van der Waals surface area (Å²) in [6, 6.07) is 14.5. The van der Waals surface area contributed by atoms with E-state index in [0.717, 1.165) is 12.0 Å². The molecule has 1 amide bonds. The van der Waals surface area contributed by atoms with Crippen LogP contribution in [0.25, 0.3) is 11.4 Å². The van der Waals surface area contributed by atoms with E-state index in [4.69, 9.17) is 27.9 Å². The highest BCUT2D eigenvalue weighted by molar-refractivity contribution is 7.99. The van der Waals surface area contributed by atoms with Gasteiger partial charge in [-0.25, -0.2) is 0 Å². The molecule has 9 heteroatoms. The third-order valence-corrected chi connectivity index (χ3v) is 5.55. The second kappa shape index (κ2) is 11.4. The summed E-state index contributed by atoms with van der Waals surface area (Å²) in [6.45, 7) is 3.96. The van der Waals surface area contributed by atoms with Gasteiger partial charge in [0.05, 0.1) is 5.75 Å². The molecule has 0 aliphatic carbocycles. The van der Waals surface area contributed by atoms with Gasteiger partial charge in [-0.1, -0.05) is 53.2 Å². The monoisotopic (exact) mass is 464 g/mol. The zero-order chi connectivity index (χ0) is 21.3. The zero-order valence-corrected chi connectivity index (χ0v) is 18.8. The maximum absolute atomic E-state index is 12.4. The van der Waals surface area contributed by atoms with Gasteiger partial charge in [-0.3, -0.25) is 4.79 Å². The number of nitrogens with one attached hydrogen (secondary N) is 1. The molecule has 0 radical (unpaired) electrons. The lowest BCUT2D eigenvalue weighted by Gasteiger charge is -2.11. The molecule has 0 atom stereocenters. The Labute approximate surface area is 189 Å². The molecule has 2 aromatic carbocycles. The van der Waals surface area contributed by atoms with Gasteiger partial charge in [0.25, 0.3) is 0 Å². The Hall–Kier alpha value is -2.06. The lowest BCUT2D eigenvalue weighted by molar-refractivity contribution is -0.113. The van der Waals surface area contributed by atoms with Crippen molar-refractivity contribution in [2.75, 3.05) is 24.3 Å². The molecule has 0 saturated heterocycles. The number of benzene rings is 2. The van der Waals surface area contributed by atoms with E-state index in [-0.39, 0.29) is 11.7 Å². The fraction of sp³-hybridized carbons (Fsp3) is 0.286. The summed E-state index contributed by atoms with van der Waals surface area (Å²) in [4.78, 5) is 12.4. The Morgan fingerprint density at radius 3 is 2.63 bits per heavy atom. The van der Waals surface area contributed by atoms with Gasteiger partial charge in [0, 0.05) is 41.1 Å². The summed E-state index contributed by atoms with van der Waals surface area (Å²) < 4.78 is 7.46. The van der Waals surface area contributed by atoms with Crippen molar-refractivity contribution in [3.8, 4) is 11.4 Å². The number of hydrogen-bond donors (Lipinski definition) is 1. The Bertz CT molecular complexity index is 997. The molecule has 0 unspecified atom stereocenters. The van der Waals surface area contributed by atoms with Crippen LogP contribution in [0.5, 0.6) is 0 Å². The molecule has 0 bridgehead atoms. The first-order chi connectivity index (χ1) is 14.6. The number of amides is 1. The number of aromatic nitrogens is 3. The van der Waals surface area contributed by atoms with E-state index in [1.807, 2.05) is 35.8 Å². The molecule has 1 aromatic heterocycles. The number of nitrogens with zero attached hydrogens (tertiary/aromatic N) is 3. The molecule has 3 rings (SSSR count). The van der Waals surface area contributed by atoms with E-state index in [9.17, 15) is 4.79 Å². The molecule has 3 aromatic rings. The highest BCUT2D eigenvalue weighted by Gasteiger charge is 2.16. The van der Waals surface area contributed by atoms with Crippen LogP contribution >= 0.6 is 35.0 Å². The summed E-state index contributed by atoms with van der Waals surface area (Å²) in [7, 11) is 0. The average Bonchev–Trinajstić information content (AvgIpc) is 3.12. The molecule has 0 fully saturated rings. The van der Waals surface area contributed by atoms with E-state index < -0.39 is 0 Å². The number of hydrogen-bond acceptors (Lipinski definition) is 5. The molecule has 158 valence electrons. The van der Waals surface area contributed by atoms with Crippen LogP contribution in [0.15, 0.2) is 53.7 Å². The minimum absolute atomic E-state index is 0.143. The van der Waals surface area contributed by atoms with Gasteiger partial charge < -0.3 is 14.6 Å². The molecule has 0 aliphatic rings. The topological polar surface area (TPSA) is 69.0 Å². The largest absolute Gasteiger partial charge is 0.382 e. The number of rotatable bonds is 10. The number of halogens is 2. The minimum atomic E-state index is -0.143. The second-order valence-electron chi connectivity index (χ2n) is 6.37. The zero-order valence-electron chi connectivity index (χ0n) is 16.5. The quantitative estimate of drug-likeness (QED) is 0.320. The summed E-state index contributed by atoms with van der Waals surface area (Å²) >= 11 is 13.4. The van der Waals surface area contributed by atoms with Crippen LogP contribution in [0.2, 0.25) is 10.0 Å². The van der Waals surface area contributed by atoms with Crippen LogP contribution in [-0.2, 0) is 16.1 Å². The molecule has 6 nitrogen and oxygen atoms in total. The molecule has 0 spiro atoms. The lowest BCUT2D eigenvalue weighted by Crippen LogP contribution is -2.15. The van der Waals surface area contributed by atoms with Crippen molar-refractivity contribution >= 4 is 46.6 Å². The molecule has 0 saturated carbocycles. The van der Waals surface area contributed by atoms with E-state index in [1.54, 1.807) is 24.3 Å². The Morgan fingerprint density at radius 2 is 1.90 bits per heavy atom. The van der Waals surface area contributed by atoms with E-state index in [2.05, 4.69) is 15.5 Å². The smallest absolute Gasteiger partial charge is 0.234 e. The summed E-state index contributed by atoms with van der Waals surface area (Å²) in [5.41, 5.74) is 1.53. The van der Waals surface area contributed by atoms with Crippen LogP contribution in [0.4, 0.5) is 5.69 Å². The van der Waals surface area contributed by atoms with Crippen LogP contribution in [-0.4, -0.2) is 39.6 Å². The third-order valence-electron chi connectivity index (χ3n) is 4.11. The maximum atomic E-state index is 12.4. The summed E-state index contributed by atoms with van der Waals surface area (Å²) in [6.07, 6.45) is 0.807. The van der Waals surface area contributed by atoms with Gasteiger partial charge in [-0.15, -0.1) is 10.2 Å². The van der Waals surface area contributed by atoms with Gasteiger partial charge >= 0.3 is 0 Å². The standard InChI is InChI=1S/C21H22Cl2N4O2S/c1-2-29-11-5-10-27-20(15-6-3-7-16(22)12-15)25-26-21(27)30-14-19(28)24-18-9-4-8-17(23)13-18/h3-4,6-9,12-13H,2,5,10-11,14H2,1H3,(H,24,28). The van der Waals surface area contributed by atoms with Crippen molar-refractivity contribution < 1.29 is 9.53 Å². The highest BCUT2D eigenvalue weighted by Crippen LogP contribution is 2.26. The van der Waals surface area contributed by atoms with Crippen LogP contribution < -0.4 is 5.32 Å². The van der Waals surface area contributed by atoms with Crippen LogP contribution in [0.1, 0.15) is 13.3 Å². The minimum Gasteiger partial charge on any atom is -0.382 e. The van der Waals surface area contributed by atoms with Gasteiger partial charge in [0.2, 0.25) is 5.91 Å². The number of carbonyl (C=O) groups is 1.